The highest BCUT2D eigenvalue weighted by molar-refractivity contribution is 5.98. The van der Waals surface area contributed by atoms with Crippen LogP contribution in [0.2, 0.25) is 0 Å². The van der Waals surface area contributed by atoms with Crippen molar-refractivity contribution in [2.75, 3.05) is 57.2 Å². The largest absolute Gasteiger partial charge is 0.378 e. The molecule has 2 aromatic rings. The van der Waals surface area contributed by atoms with Gasteiger partial charge >= 0.3 is 0 Å². The first-order chi connectivity index (χ1) is 12.6. The molecule has 1 amide bonds. The first kappa shape index (κ1) is 18.2. The van der Waals surface area contributed by atoms with Gasteiger partial charge in [-0.15, -0.1) is 0 Å². The lowest BCUT2D eigenvalue weighted by Crippen LogP contribution is -2.38. The fourth-order valence-corrected chi connectivity index (χ4v) is 3.04. The van der Waals surface area contributed by atoms with Crippen molar-refractivity contribution in [2.45, 2.75) is 6.54 Å². The Morgan fingerprint density at radius 1 is 1.12 bits per heavy atom. The summed E-state index contributed by atoms with van der Waals surface area (Å²) in [6.45, 7) is 3.40. The SMILES string of the molecule is CN(Cc1ccc(N(C)C)cc1)C(=O)c1cccnc1N1CCOCC1. The quantitative estimate of drug-likeness (QED) is 0.824. The second-order valence-electron chi connectivity index (χ2n) is 6.70. The second-order valence-corrected chi connectivity index (χ2v) is 6.70. The number of pyridine rings is 1. The summed E-state index contributed by atoms with van der Waals surface area (Å²) in [5.41, 5.74) is 2.88. The molecule has 0 saturated carbocycles. The van der Waals surface area contributed by atoms with Crippen molar-refractivity contribution in [1.29, 1.82) is 0 Å². The number of anilines is 2. The van der Waals surface area contributed by atoms with Crippen molar-refractivity contribution in [1.82, 2.24) is 9.88 Å². The number of nitrogens with zero attached hydrogens (tertiary/aromatic N) is 4. The predicted molar refractivity (Wildman–Crippen MR) is 104 cm³/mol. The minimum atomic E-state index is -0.0173. The van der Waals surface area contributed by atoms with Crippen molar-refractivity contribution < 1.29 is 9.53 Å². The third-order valence-electron chi connectivity index (χ3n) is 4.55. The van der Waals surface area contributed by atoms with Crippen molar-refractivity contribution in [3.05, 3.63) is 53.7 Å². The molecule has 3 rings (SSSR count). The molecule has 0 N–H and O–H groups in total. The Morgan fingerprint density at radius 3 is 2.46 bits per heavy atom. The third-order valence-corrected chi connectivity index (χ3v) is 4.55. The van der Waals surface area contributed by atoms with E-state index in [1.807, 2.05) is 33.3 Å². The van der Waals surface area contributed by atoms with Gasteiger partial charge < -0.3 is 19.4 Å². The van der Waals surface area contributed by atoms with Crippen LogP contribution in [0.15, 0.2) is 42.6 Å². The molecular weight excluding hydrogens is 328 g/mol. The Bertz CT molecular complexity index is 740. The molecule has 26 heavy (non-hydrogen) atoms. The Hall–Kier alpha value is -2.60. The molecule has 1 fully saturated rings. The van der Waals surface area contributed by atoms with Gasteiger partial charge in [-0.05, 0) is 29.8 Å². The summed E-state index contributed by atoms with van der Waals surface area (Å²) in [6, 6.07) is 11.9. The number of aromatic nitrogens is 1. The van der Waals surface area contributed by atoms with Crippen LogP contribution in [-0.2, 0) is 11.3 Å². The van der Waals surface area contributed by atoms with Gasteiger partial charge in [-0.25, -0.2) is 4.98 Å². The van der Waals surface area contributed by atoms with Crippen LogP contribution >= 0.6 is 0 Å². The van der Waals surface area contributed by atoms with Crippen LogP contribution in [-0.4, -0.2) is 63.2 Å². The normalized spacial score (nSPS) is 14.2. The molecule has 0 unspecified atom stereocenters. The zero-order valence-electron chi connectivity index (χ0n) is 15.7. The molecule has 0 atom stereocenters. The lowest BCUT2D eigenvalue weighted by atomic mass is 10.1. The van der Waals surface area contributed by atoms with Gasteiger partial charge in [-0.2, -0.15) is 0 Å². The summed E-state index contributed by atoms with van der Waals surface area (Å²) in [4.78, 5) is 23.4. The van der Waals surface area contributed by atoms with E-state index in [1.54, 1.807) is 11.1 Å². The average Bonchev–Trinajstić information content (AvgIpc) is 2.68. The number of benzene rings is 1. The molecule has 0 radical (unpaired) electrons. The second kappa shape index (κ2) is 8.19. The van der Waals surface area contributed by atoms with Gasteiger partial charge in [0.15, 0.2) is 0 Å². The molecule has 1 saturated heterocycles. The number of carbonyl (C=O) groups excluding carboxylic acids is 1. The summed E-state index contributed by atoms with van der Waals surface area (Å²) in [5, 5.41) is 0. The summed E-state index contributed by atoms with van der Waals surface area (Å²) in [6.07, 6.45) is 1.74. The van der Waals surface area contributed by atoms with Gasteiger partial charge in [0.2, 0.25) is 0 Å². The molecule has 0 aliphatic carbocycles. The topological polar surface area (TPSA) is 48.9 Å². The minimum Gasteiger partial charge on any atom is -0.378 e. The lowest BCUT2D eigenvalue weighted by Gasteiger charge is -2.30. The zero-order valence-corrected chi connectivity index (χ0v) is 15.7. The maximum Gasteiger partial charge on any atom is 0.257 e. The molecule has 138 valence electrons. The average molecular weight is 354 g/mol. The number of hydrogen-bond donors (Lipinski definition) is 0. The smallest absolute Gasteiger partial charge is 0.257 e. The molecule has 1 aromatic heterocycles. The lowest BCUT2D eigenvalue weighted by molar-refractivity contribution is 0.0784. The van der Waals surface area contributed by atoms with Crippen molar-refractivity contribution in [2.24, 2.45) is 0 Å². The zero-order chi connectivity index (χ0) is 18.5. The number of hydrogen-bond acceptors (Lipinski definition) is 5. The van der Waals surface area contributed by atoms with Crippen LogP contribution in [0, 0.1) is 0 Å². The maximum absolute atomic E-state index is 13.0. The highest BCUT2D eigenvalue weighted by atomic mass is 16.5. The molecule has 1 aromatic carbocycles. The highest BCUT2D eigenvalue weighted by Gasteiger charge is 2.22. The fourth-order valence-electron chi connectivity index (χ4n) is 3.04. The van der Waals surface area contributed by atoms with Gasteiger partial charge in [0, 0.05) is 52.7 Å². The van der Waals surface area contributed by atoms with Gasteiger partial charge in [-0.1, -0.05) is 12.1 Å². The standard InChI is InChI=1S/C20H26N4O2/c1-22(2)17-8-6-16(7-9-17)15-23(3)20(25)18-5-4-10-21-19(18)24-11-13-26-14-12-24/h4-10H,11-15H2,1-3H3. The van der Waals surface area contributed by atoms with E-state index in [9.17, 15) is 4.79 Å². The van der Waals surface area contributed by atoms with E-state index in [0.29, 0.717) is 25.3 Å². The van der Waals surface area contributed by atoms with Gasteiger partial charge in [-0.3, -0.25) is 4.79 Å². The molecule has 0 spiro atoms. The minimum absolute atomic E-state index is 0.0173. The van der Waals surface area contributed by atoms with E-state index in [0.717, 1.165) is 30.2 Å². The molecule has 6 nitrogen and oxygen atoms in total. The van der Waals surface area contributed by atoms with E-state index in [2.05, 4.69) is 39.0 Å². The molecule has 0 bridgehead atoms. The van der Waals surface area contributed by atoms with Crippen LogP contribution in [0.25, 0.3) is 0 Å². The van der Waals surface area contributed by atoms with Crippen molar-refractivity contribution in [3.63, 3.8) is 0 Å². The summed E-state index contributed by atoms with van der Waals surface area (Å²) in [5.74, 6) is 0.729. The summed E-state index contributed by atoms with van der Waals surface area (Å²) in [7, 11) is 5.86. The molecular formula is C20H26N4O2. The predicted octanol–water partition coefficient (Wildman–Crippen LogP) is 2.26. The van der Waals surface area contributed by atoms with Crippen molar-refractivity contribution in [3.8, 4) is 0 Å². The van der Waals surface area contributed by atoms with Crippen molar-refractivity contribution >= 4 is 17.4 Å². The molecule has 2 heterocycles. The van der Waals surface area contributed by atoms with Crippen LogP contribution in [0.3, 0.4) is 0 Å². The summed E-state index contributed by atoms with van der Waals surface area (Å²) < 4.78 is 5.41. The van der Waals surface area contributed by atoms with E-state index >= 15 is 0 Å². The number of rotatable bonds is 5. The van der Waals surface area contributed by atoms with E-state index in [-0.39, 0.29) is 5.91 Å². The first-order valence-corrected chi connectivity index (χ1v) is 8.85. The number of morpholine rings is 1. The summed E-state index contributed by atoms with van der Waals surface area (Å²) >= 11 is 0. The number of carbonyl (C=O) groups is 1. The Morgan fingerprint density at radius 2 is 1.81 bits per heavy atom. The maximum atomic E-state index is 13.0. The molecule has 1 aliphatic heterocycles. The van der Waals surface area contributed by atoms with Gasteiger partial charge in [0.05, 0.1) is 18.8 Å². The number of ether oxygens (including phenoxy) is 1. The Balaban J connectivity index is 1.74. The van der Waals surface area contributed by atoms with E-state index < -0.39 is 0 Å². The Kier molecular flexibility index (Phi) is 5.73. The monoisotopic (exact) mass is 354 g/mol. The van der Waals surface area contributed by atoms with E-state index in [4.69, 9.17) is 4.74 Å². The Labute approximate surface area is 155 Å². The molecule has 6 heteroatoms. The highest BCUT2D eigenvalue weighted by Crippen LogP contribution is 2.21. The van der Waals surface area contributed by atoms with Gasteiger partial charge in [0.1, 0.15) is 5.82 Å². The van der Waals surface area contributed by atoms with Crippen LogP contribution < -0.4 is 9.80 Å². The van der Waals surface area contributed by atoms with Gasteiger partial charge in [0.25, 0.3) is 5.91 Å². The fraction of sp³-hybridized carbons (Fsp3) is 0.400. The van der Waals surface area contributed by atoms with Crippen LogP contribution in [0.1, 0.15) is 15.9 Å². The van der Waals surface area contributed by atoms with Crippen LogP contribution in [0.5, 0.6) is 0 Å². The number of amides is 1. The molecule has 1 aliphatic rings. The first-order valence-electron chi connectivity index (χ1n) is 8.85. The third kappa shape index (κ3) is 4.14. The van der Waals surface area contributed by atoms with Crippen LogP contribution in [0.4, 0.5) is 11.5 Å². The van der Waals surface area contributed by atoms with E-state index in [1.165, 1.54) is 0 Å².